The molecule has 3 heterocycles. The number of aromatic nitrogens is 3. The van der Waals surface area contributed by atoms with Gasteiger partial charge in [-0.1, -0.05) is 36.0 Å². The molecular formula is C19H20N4O2S. The third-order valence-electron chi connectivity index (χ3n) is 4.74. The number of thioether (sulfide) groups is 1. The molecule has 0 spiro atoms. The molecule has 26 heavy (non-hydrogen) atoms. The van der Waals surface area contributed by atoms with E-state index in [9.17, 15) is 4.79 Å². The monoisotopic (exact) mass is 368 g/mol. The molecule has 134 valence electrons. The Bertz CT molecular complexity index is 947. The molecule has 2 aromatic heterocycles. The van der Waals surface area contributed by atoms with Gasteiger partial charge >= 0.3 is 0 Å². The quantitative estimate of drug-likeness (QED) is 0.662. The van der Waals surface area contributed by atoms with Gasteiger partial charge in [0.25, 0.3) is 0 Å². The van der Waals surface area contributed by atoms with E-state index in [1.807, 2.05) is 35.6 Å². The summed E-state index contributed by atoms with van der Waals surface area (Å²) < 4.78 is 7.24. The molecule has 1 amide bonds. The van der Waals surface area contributed by atoms with Crippen LogP contribution in [0.1, 0.15) is 16.9 Å². The molecule has 0 aliphatic carbocycles. The minimum atomic E-state index is 0.133. The van der Waals surface area contributed by atoms with Crippen LogP contribution in [-0.2, 0) is 24.8 Å². The van der Waals surface area contributed by atoms with Gasteiger partial charge in [0.05, 0.1) is 17.6 Å². The molecule has 0 N–H and O–H groups in total. The first-order valence-corrected chi connectivity index (χ1v) is 9.53. The van der Waals surface area contributed by atoms with Crippen LogP contribution in [-0.4, -0.2) is 37.9 Å². The lowest BCUT2D eigenvalue weighted by molar-refractivity contribution is -0.129. The van der Waals surface area contributed by atoms with Gasteiger partial charge < -0.3 is 13.9 Å². The summed E-state index contributed by atoms with van der Waals surface area (Å²) in [6.07, 6.45) is 2.56. The van der Waals surface area contributed by atoms with Gasteiger partial charge in [-0.2, -0.15) is 0 Å². The molecule has 6 nitrogen and oxygen atoms in total. The summed E-state index contributed by atoms with van der Waals surface area (Å²) in [6.45, 7) is 3.36. The van der Waals surface area contributed by atoms with Crippen LogP contribution in [0.15, 0.2) is 46.2 Å². The number of carbonyl (C=O) groups excluding carboxylic acids is 1. The first kappa shape index (κ1) is 16.9. The van der Waals surface area contributed by atoms with Crippen LogP contribution in [0.25, 0.3) is 11.4 Å². The third-order valence-corrected chi connectivity index (χ3v) is 5.75. The zero-order valence-electron chi connectivity index (χ0n) is 14.8. The predicted molar refractivity (Wildman–Crippen MR) is 99.7 cm³/mol. The van der Waals surface area contributed by atoms with Gasteiger partial charge in [0.2, 0.25) is 5.91 Å². The molecule has 1 aliphatic heterocycles. The number of hydrogen-bond donors (Lipinski definition) is 0. The molecule has 0 radical (unpaired) electrons. The van der Waals surface area contributed by atoms with E-state index >= 15 is 0 Å². The van der Waals surface area contributed by atoms with Crippen LogP contribution >= 0.6 is 11.8 Å². The van der Waals surface area contributed by atoms with E-state index in [1.54, 1.807) is 6.26 Å². The Balaban J connectivity index is 1.41. The van der Waals surface area contributed by atoms with Crippen molar-refractivity contribution in [1.29, 1.82) is 0 Å². The van der Waals surface area contributed by atoms with Gasteiger partial charge in [-0.3, -0.25) is 4.79 Å². The number of nitrogens with zero attached hydrogens (tertiary/aromatic N) is 4. The van der Waals surface area contributed by atoms with Crippen molar-refractivity contribution in [3.05, 3.63) is 53.5 Å². The Morgan fingerprint density at radius 2 is 2.04 bits per heavy atom. The van der Waals surface area contributed by atoms with Crippen molar-refractivity contribution >= 4 is 17.7 Å². The predicted octanol–water partition coefficient (Wildman–Crippen LogP) is 3.06. The van der Waals surface area contributed by atoms with Gasteiger partial charge in [-0.05, 0) is 30.5 Å². The lowest BCUT2D eigenvalue weighted by atomic mass is 10.00. The van der Waals surface area contributed by atoms with E-state index in [-0.39, 0.29) is 5.91 Å². The Kier molecular flexibility index (Phi) is 4.55. The fourth-order valence-corrected chi connectivity index (χ4v) is 4.03. The largest absolute Gasteiger partial charge is 0.469 e. The summed E-state index contributed by atoms with van der Waals surface area (Å²) in [7, 11) is 1.91. The maximum absolute atomic E-state index is 12.6. The lowest BCUT2D eigenvalue weighted by Gasteiger charge is -2.28. The maximum atomic E-state index is 12.6. The van der Waals surface area contributed by atoms with Crippen molar-refractivity contribution in [1.82, 2.24) is 19.7 Å². The molecule has 0 fully saturated rings. The smallest absolute Gasteiger partial charge is 0.233 e. The number of aryl methyl sites for hydroxylation is 1. The summed E-state index contributed by atoms with van der Waals surface area (Å²) >= 11 is 1.42. The molecule has 3 aromatic rings. The highest BCUT2D eigenvalue weighted by Crippen LogP contribution is 2.26. The number of furan rings is 1. The van der Waals surface area contributed by atoms with Gasteiger partial charge in [-0.15, -0.1) is 10.2 Å². The first-order chi connectivity index (χ1) is 12.6. The van der Waals surface area contributed by atoms with Gasteiger partial charge in [0, 0.05) is 20.1 Å². The van der Waals surface area contributed by atoms with Crippen molar-refractivity contribution in [2.75, 3.05) is 12.3 Å². The standard InChI is InChI=1S/C19H20N4O2S/c1-13-16(8-10-25-13)18-20-21-19(22(18)2)26-12-17(24)23-9-7-14-5-3-4-6-15(14)11-23/h3-6,8,10H,7,9,11-12H2,1-2H3. The van der Waals surface area contributed by atoms with Crippen LogP contribution in [0.2, 0.25) is 0 Å². The van der Waals surface area contributed by atoms with Crippen LogP contribution in [0.4, 0.5) is 0 Å². The molecular weight excluding hydrogens is 348 g/mol. The van der Waals surface area contributed by atoms with E-state index < -0.39 is 0 Å². The number of benzene rings is 1. The Hall–Kier alpha value is -2.54. The highest BCUT2D eigenvalue weighted by molar-refractivity contribution is 7.99. The number of carbonyl (C=O) groups is 1. The highest BCUT2D eigenvalue weighted by atomic mass is 32.2. The van der Waals surface area contributed by atoms with Crippen LogP contribution in [0, 0.1) is 6.92 Å². The summed E-state index contributed by atoms with van der Waals surface area (Å²) in [5, 5.41) is 9.20. The lowest BCUT2D eigenvalue weighted by Crippen LogP contribution is -2.37. The van der Waals surface area contributed by atoms with Crippen molar-refractivity contribution in [3.63, 3.8) is 0 Å². The van der Waals surface area contributed by atoms with E-state index in [0.29, 0.717) is 12.3 Å². The Morgan fingerprint density at radius 1 is 1.23 bits per heavy atom. The molecule has 4 rings (SSSR count). The SMILES string of the molecule is Cc1occc1-c1nnc(SCC(=O)N2CCc3ccccc3C2)n1C. The van der Waals surface area contributed by atoms with E-state index in [0.717, 1.165) is 35.3 Å². The first-order valence-electron chi connectivity index (χ1n) is 8.54. The average molecular weight is 368 g/mol. The third kappa shape index (κ3) is 3.14. The van der Waals surface area contributed by atoms with Gasteiger partial charge in [-0.25, -0.2) is 0 Å². The van der Waals surface area contributed by atoms with Crippen LogP contribution in [0.3, 0.4) is 0 Å². The molecule has 1 aromatic carbocycles. The van der Waals surface area contributed by atoms with E-state index in [1.165, 1.54) is 22.9 Å². The van der Waals surface area contributed by atoms with Crippen LogP contribution in [0.5, 0.6) is 0 Å². The topological polar surface area (TPSA) is 64.2 Å². The molecule has 0 saturated carbocycles. The van der Waals surface area contributed by atoms with Gasteiger partial charge in [0.15, 0.2) is 11.0 Å². The molecule has 1 aliphatic rings. The van der Waals surface area contributed by atoms with Crippen molar-refractivity contribution in [2.24, 2.45) is 7.05 Å². The zero-order chi connectivity index (χ0) is 18.1. The van der Waals surface area contributed by atoms with Crippen molar-refractivity contribution in [3.8, 4) is 11.4 Å². The number of fused-ring (bicyclic) bond motifs is 1. The van der Waals surface area contributed by atoms with Crippen molar-refractivity contribution in [2.45, 2.75) is 25.0 Å². The average Bonchev–Trinajstić information content (AvgIpc) is 3.24. The van der Waals surface area contributed by atoms with E-state index in [4.69, 9.17) is 4.42 Å². The molecule has 0 saturated heterocycles. The normalized spacial score (nSPS) is 13.7. The van der Waals surface area contributed by atoms with Gasteiger partial charge in [0.1, 0.15) is 5.76 Å². The minimum Gasteiger partial charge on any atom is -0.469 e. The minimum absolute atomic E-state index is 0.133. The second-order valence-corrected chi connectivity index (χ2v) is 7.32. The zero-order valence-corrected chi connectivity index (χ0v) is 15.6. The second kappa shape index (κ2) is 6.99. The molecule has 0 atom stereocenters. The maximum Gasteiger partial charge on any atom is 0.233 e. The number of hydrogen-bond acceptors (Lipinski definition) is 5. The number of rotatable bonds is 4. The molecule has 7 heteroatoms. The van der Waals surface area contributed by atoms with Crippen LogP contribution < -0.4 is 0 Å². The fourth-order valence-electron chi connectivity index (χ4n) is 3.22. The summed E-state index contributed by atoms with van der Waals surface area (Å²) in [6, 6.07) is 10.2. The number of amides is 1. The highest BCUT2D eigenvalue weighted by Gasteiger charge is 2.21. The summed E-state index contributed by atoms with van der Waals surface area (Å²) in [5.41, 5.74) is 3.51. The molecule has 0 bridgehead atoms. The Morgan fingerprint density at radius 3 is 2.81 bits per heavy atom. The Labute approximate surface area is 156 Å². The molecule has 0 unspecified atom stereocenters. The summed E-state index contributed by atoms with van der Waals surface area (Å²) in [5.74, 6) is 2.05. The van der Waals surface area contributed by atoms with Crippen molar-refractivity contribution < 1.29 is 9.21 Å². The van der Waals surface area contributed by atoms with E-state index in [2.05, 4.69) is 28.4 Å². The fraction of sp³-hybridized carbons (Fsp3) is 0.316. The second-order valence-electron chi connectivity index (χ2n) is 6.38. The summed E-state index contributed by atoms with van der Waals surface area (Å²) in [4.78, 5) is 14.5.